The summed E-state index contributed by atoms with van der Waals surface area (Å²) < 4.78 is 13.1. The van der Waals surface area contributed by atoms with E-state index in [0.717, 1.165) is 23.4 Å². The van der Waals surface area contributed by atoms with Gasteiger partial charge in [0.25, 0.3) is 0 Å². The van der Waals surface area contributed by atoms with Crippen LogP contribution in [0.5, 0.6) is 0 Å². The Morgan fingerprint density at radius 2 is 1.94 bits per heavy atom. The van der Waals surface area contributed by atoms with Gasteiger partial charge in [-0.15, -0.1) is 0 Å². The highest BCUT2D eigenvalue weighted by molar-refractivity contribution is 5.84. The molecule has 2 fully saturated rings. The number of carbonyl (C=O) groups is 2. The first-order valence-corrected chi connectivity index (χ1v) is 12.3. The quantitative estimate of drug-likeness (QED) is 0.701. The first-order chi connectivity index (χ1) is 16.3. The lowest BCUT2D eigenvalue weighted by Gasteiger charge is -2.47. The van der Waals surface area contributed by atoms with Crippen LogP contribution in [0.15, 0.2) is 24.5 Å². The van der Waals surface area contributed by atoms with Crippen molar-refractivity contribution >= 4 is 17.5 Å². The van der Waals surface area contributed by atoms with E-state index in [1.807, 2.05) is 70.5 Å². The molecule has 192 valence electrons. The monoisotopic (exact) mass is 485 g/mol. The number of aromatic nitrogens is 2. The average molecular weight is 486 g/mol. The lowest BCUT2D eigenvalue weighted by molar-refractivity contribution is -0.141. The van der Waals surface area contributed by atoms with Gasteiger partial charge in [0.15, 0.2) is 0 Å². The van der Waals surface area contributed by atoms with Crippen molar-refractivity contribution in [3.05, 3.63) is 35.9 Å². The number of fused-ring (bicyclic) bond motifs is 1. The lowest BCUT2D eigenvalue weighted by Crippen LogP contribution is -2.64. The summed E-state index contributed by atoms with van der Waals surface area (Å²) in [6.45, 7) is 17.2. The van der Waals surface area contributed by atoms with Crippen molar-refractivity contribution < 1.29 is 19.1 Å². The molecule has 0 unspecified atom stereocenters. The molecule has 9 nitrogen and oxygen atoms in total. The molecule has 0 saturated carbocycles. The van der Waals surface area contributed by atoms with Gasteiger partial charge in [-0.05, 0) is 53.2 Å². The highest BCUT2D eigenvalue weighted by Crippen LogP contribution is 2.30. The zero-order valence-corrected chi connectivity index (χ0v) is 22.1. The fourth-order valence-electron chi connectivity index (χ4n) is 4.85. The molecular weight excluding hydrogens is 446 g/mol. The van der Waals surface area contributed by atoms with Gasteiger partial charge in [-0.1, -0.05) is 13.0 Å². The molecule has 2 saturated heterocycles. The number of nitrogens with zero attached hydrogens (tertiary/aromatic N) is 4. The van der Waals surface area contributed by atoms with Crippen LogP contribution in [0.3, 0.4) is 0 Å². The van der Waals surface area contributed by atoms with Gasteiger partial charge < -0.3 is 24.1 Å². The third-order valence-corrected chi connectivity index (χ3v) is 6.71. The molecule has 2 amide bonds. The molecule has 0 radical (unpaired) electrons. The predicted octanol–water partition coefficient (Wildman–Crippen LogP) is 2.95. The molecule has 4 rings (SSSR count). The molecule has 0 aromatic carbocycles. The fourth-order valence-corrected chi connectivity index (χ4v) is 4.85. The first-order valence-electron chi connectivity index (χ1n) is 12.3. The number of aryl methyl sites for hydroxylation is 1. The Balaban J connectivity index is 1.55. The van der Waals surface area contributed by atoms with Crippen LogP contribution in [0.4, 0.5) is 4.79 Å². The van der Waals surface area contributed by atoms with E-state index in [1.54, 1.807) is 4.90 Å². The number of carbonyl (C=O) groups excluding carboxylic acids is 2. The minimum atomic E-state index is -0.722. The molecule has 35 heavy (non-hydrogen) atoms. The van der Waals surface area contributed by atoms with Crippen molar-refractivity contribution in [3.63, 3.8) is 0 Å². The van der Waals surface area contributed by atoms with E-state index in [1.165, 1.54) is 0 Å². The largest absolute Gasteiger partial charge is 0.444 e. The Morgan fingerprint density at radius 3 is 2.57 bits per heavy atom. The molecule has 9 heteroatoms. The van der Waals surface area contributed by atoms with Gasteiger partial charge in [0.1, 0.15) is 17.5 Å². The van der Waals surface area contributed by atoms with Crippen LogP contribution in [0.2, 0.25) is 0 Å². The summed E-state index contributed by atoms with van der Waals surface area (Å²) in [6, 6.07) is 3.53. The van der Waals surface area contributed by atoms with Crippen LogP contribution in [-0.2, 0) is 19.8 Å². The fraction of sp³-hybridized carbons (Fsp3) is 0.654. The van der Waals surface area contributed by atoms with Gasteiger partial charge in [0, 0.05) is 37.8 Å². The Labute approximate surface area is 207 Å². The maximum atomic E-state index is 13.8. The molecule has 1 atom stereocenters. The molecule has 2 aromatic rings. The summed E-state index contributed by atoms with van der Waals surface area (Å²) >= 11 is 0. The second-order valence-corrected chi connectivity index (χ2v) is 11.9. The van der Waals surface area contributed by atoms with Crippen LogP contribution in [-0.4, -0.2) is 82.2 Å². The van der Waals surface area contributed by atoms with Crippen LogP contribution in [0.1, 0.15) is 52.9 Å². The number of hydrogen-bond acceptors (Lipinski definition) is 6. The van der Waals surface area contributed by atoms with E-state index < -0.39 is 17.2 Å². The SMILES string of the molecule is Cc1cccn2c(C(C)(C)NC(=O)[C@@H]3CN(C(=O)OC(C)(C)C)CCN3CC3(C)COC3)ncc12. The smallest absolute Gasteiger partial charge is 0.410 e. The lowest BCUT2D eigenvalue weighted by atomic mass is 9.87. The van der Waals surface area contributed by atoms with E-state index in [2.05, 4.69) is 22.1 Å². The van der Waals surface area contributed by atoms with E-state index in [4.69, 9.17) is 9.47 Å². The van der Waals surface area contributed by atoms with Crippen molar-refractivity contribution in [2.24, 2.45) is 5.41 Å². The van der Waals surface area contributed by atoms with Gasteiger partial charge in [0.05, 0.1) is 30.5 Å². The van der Waals surface area contributed by atoms with Gasteiger partial charge in [-0.2, -0.15) is 0 Å². The van der Waals surface area contributed by atoms with Crippen molar-refractivity contribution in [2.75, 3.05) is 39.4 Å². The molecule has 0 spiro atoms. The standard InChI is InChI=1S/C26H39N5O4/c1-18-9-8-10-31-19(18)13-27-22(31)25(5,6)28-21(32)20-14-29(23(33)35-24(2,3)4)11-12-30(20)15-26(7)16-34-17-26/h8-10,13,20H,11-12,14-17H2,1-7H3,(H,28,32)/t20-/m0/s1. The third-order valence-electron chi connectivity index (χ3n) is 6.71. The van der Waals surface area contributed by atoms with Crippen LogP contribution in [0, 0.1) is 12.3 Å². The Morgan fingerprint density at radius 1 is 1.23 bits per heavy atom. The number of hydrogen-bond donors (Lipinski definition) is 1. The molecule has 1 N–H and O–H groups in total. The zero-order valence-electron chi connectivity index (χ0n) is 22.1. The van der Waals surface area contributed by atoms with Gasteiger partial charge in [0.2, 0.25) is 5.91 Å². The Bertz CT molecular complexity index is 1100. The first kappa shape index (κ1) is 25.4. The number of amides is 2. The van der Waals surface area contributed by atoms with E-state index >= 15 is 0 Å². The number of nitrogens with one attached hydrogen (secondary N) is 1. The summed E-state index contributed by atoms with van der Waals surface area (Å²) in [7, 11) is 0. The number of rotatable bonds is 5. The highest BCUT2D eigenvalue weighted by Gasteiger charge is 2.43. The molecule has 0 bridgehead atoms. The second kappa shape index (κ2) is 9.09. The van der Waals surface area contributed by atoms with Gasteiger partial charge >= 0.3 is 6.09 Å². The summed E-state index contributed by atoms with van der Waals surface area (Å²) in [5.74, 6) is 0.631. The number of pyridine rings is 1. The van der Waals surface area contributed by atoms with E-state index in [0.29, 0.717) is 26.3 Å². The van der Waals surface area contributed by atoms with E-state index in [-0.39, 0.29) is 24.0 Å². The van der Waals surface area contributed by atoms with Crippen LogP contribution >= 0.6 is 0 Å². The number of piperazine rings is 1. The van der Waals surface area contributed by atoms with Crippen LogP contribution < -0.4 is 5.32 Å². The Kier molecular flexibility index (Phi) is 6.61. The van der Waals surface area contributed by atoms with Crippen molar-refractivity contribution in [3.8, 4) is 0 Å². The molecule has 2 aliphatic heterocycles. The summed E-state index contributed by atoms with van der Waals surface area (Å²) in [5, 5.41) is 3.23. The topological polar surface area (TPSA) is 88.4 Å². The minimum absolute atomic E-state index is 0.0128. The van der Waals surface area contributed by atoms with Crippen LogP contribution in [0.25, 0.3) is 5.52 Å². The number of imidazole rings is 1. The maximum absolute atomic E-state index is 13.8. The number of ether oxygens (including phenoxy) is 2. The molecule has 2 aliphatic rings. The molecule has 0 aliphatic carbocycles. The average Bonchev–Trinajstić information content (AvgIpc) is 3.18. The van der Waals surface area contributed by atoms with Crippen molar-refractivity contribution in [1.82, 2.24) is 24.5 Å². The Hall–Kier alpha value is -2.65. The normalized spacial score (nSPS) is 21.0. The van der Waals surface area contributed by atoms with Crippen molar-refractivity contribution in [1.29, 1.82) is 0 Å². The van der Waals surface area contributed by atoms with Gasteiger partial charge in [-0.25, -0.2) is 9.78 Å². The molecule has 4 heterocycles. The summed E-state index contributed by atoms with van der Waals surface area (Å²) in [4.78, 5) is 35.1. The minimum Gasteiger partial charge on any atom is -0.444 e. The predicted molar refractivity (Wildman–Crippen MR) is 133 cm³/mol. The molecule has 2 aromatic heterocycles. The van der Waals surface area contributed by atoms with Gasteiger partial charge in [-0.3, -0.25) is 9.69 Å². The zero-order chi connectivity index (χ0) is 25.6. The molecular formula is C26H39N5O4. The van der Waals surface area contributed by atoms with E-state index in [9.17, 15) is 9.59 Å². The summed E-state index contributed by atoms with van der Waals surface area (Å²) in [5.41, 5.74) is 0.832. The second-order valence-electron chi connectivity index (χ2n) is 11.9. The maximum Gasteiger partial charge on any atom is 0.410 e. The third kappa shape index (κ3) is 5.46. The highest BCUT2D eigenvalue weighted by atomic mass is 16.6. The summed E-state index contributed by atoms with van der Waals surface area (Å²) in [6.07, 6.45) is 3.42. The van der Waals surface area contributed by atoms with Crippen molar-refractivity contribution in [2.45, 2.75) is 65.6 Å².